The highest BCUT2D eigenvalue weighted by Gasteiger charge is 2.15. The number of hydrogen-bond acceptors (Lipinski definition) is 7. The summed E-state index contributed by atoms with van der Waals surface area (Å²) in [6.07, 6.45) is 2.64. The van der Waals surface area contributed by atoms with Gasteiger partial charge in [0.15, 0.2) is 0 Å². The highest BCUT2D eigenvalue weighted by molar-refractivity contribution is 6.02. The largest absolute Gasteiger partial charge is 0.496 e. The van der Waals surface area contributed by atoms with Gasteiger partial charge in [0.2, 0.25) is 0 Å². The van der Waals surface area contributed by atoms with E-state index in [9.17, 15) is 9.59 Å². The number of esters is 2. The van der Waals surface area contributed by atoms with Gasteiger partial charge in [0.05, 0.1) is 38.6 Å². The Labute approximate surface area is 132 Å². The van der Waals surface area contributed by atoms with Crippen molar-refractivity contribution in [1.82, 2.24) is 4.98 Å². The van der Waals surface area contributed by atoms with Crippen molar-refractivity contribution in [1.29, 1.82) is 0 Å². The lowest BCUT2D eigenvalue weighted by atomic mass is 10.1. The first-order chi connectivity index (χ1) is 11.1. The van der Waals surface area contributed by atoms with E-state index in [1.165, 1.54) is 14.2 Å². The minimum atomic E-state index is -0.699. The van der Waals surface area contributed by atoms with E-state index in [4.69, 9.17) is 4.74 Å². The molecule has 23 heavy (non-hydrogen) atoms. The number of benzene rings is 1. The fourth-order valence-electron chi connectivity index (χ4n) is 2.00. The molecule has 0 fully saturated rings. The summed E-state index contributed by atoms with van der Waals surface area (Å²) < 4.78 is 14.5. The van der Waals surface area contributed by atoms with Crippen LogP contribution in [-0.4, -0.2) is 38.3 Å². The van der Waals surface area contributed by atoms with Gasteiger partial charge < -0.3 is 19.5 Å². The lowest BCUT2D eigenvalue weighted by Crippen LogP contribution is -2.15. The van der Waals surface area contributed by atoms with Gasteiger partial charge in [0.25, 0.3) is 0 Å². The Morgan fingerprint density at radius 1 is 1.13 bits per heavy atom. The number of ether oxygens (including phenoxy) is 3. The Kier molecular flexibility index (Phi) is 5.14. The van der Waals surface area contributed by atoms with Crippen molar-refractivity contribution in [3.8, 4) is 5.75 Å². The maximum Gasteiger partial charge on any atom is 0.354 e. The van der Waals surface area contributed by atoms with Crippen molar-refractivity contribution in [2.24, 2.45) is 0 Å². The maximum atomic E-state index is 11.8. The molecular weight excluding hydrogens is 300 g/mol. The summed E-state index contributed by atoms with van der Waals surface area (Å²) in [5.41, 5.74) is 1.06. The Balaban J connectivity index is 2.49. The molecule has 0 radical (unpaired) electrons. The van der Waals surface area contributed by atoms with Crippen molar-refractivity contribution < 1.29 is 23.8 Å². The normalized spacial score (nSPS) is 11.0. The SMILES string of the molecule is COC(=O)/C=C(\Nc1ccc(OC)c2cccnc12)C(=O)OC. The number of hydrogen-bond donors (Lipinski definition) is 1. The third-order valence-corrected chi connectivity index (χ3v) is 3.09. The summed E-state index contributed by atoms with van der Waals surface area (Å²) in [5.74, 6) is -0.728. The minimum Gasteiger partial charge on any atom is -0.496 e. The molecule has 0 atom stereocenters. The van der Waals surface area contributed by atoms with E-state index in [1.807, 2.05) is 6.07 Å². The van der Waals surface area contributed by atoms with Crippen LogP contribution in [0, 0.1) is 0 Å². The molecule has 0 aliphatic carbocycles. The van der Waals surface area contributed by atoms with Crippen LogP contribution in [0.25, 0.3) is 10.9 Å². The van der Waals surface area contributed by atoms with Gasteiger partial charge >= 0.3 is 11.9 Å². The van der Waals surface area contributed by atoms with Crippen molar-refractivity contribution in [2.75, 3.05) is 26.6 Å². The van der Waals surface area contributed by atoms with E-state index in [0.29, 0.717) is 17.0 Å². The molecule has 0 spiro atoms. The van der Waals surface area contributed by atoms with Crippen LogP contribution in [0.1, 0.15) is 0 Å². The summed E-state index contributed by atoms with van der Waals surface area (Å²) in [6.45, 7) is 0. The molecule has 2 rings (SSSR count). The molecule has 0 aliphatic heterocycles. The zero-order valence-electron chi connectivity index (χ0n) is 13.0. The molecule has 0 aliphatic rings. The molecule has 120 valence electrons. The topological polar surface area (TPSA) is 86.8 Å². The van der Waals surface area contributed by atoms with E-state index < -0.39 is 11.9 Å². The van der Waals surface area contributed by atoms with Crippen LogP contribution in [0.3, 0.4) is 0 Å². The van der Waals surface area contributed by atoms with Crippen LogP contribution in [0.15, 0.2) is 42.2 Å². The molecular formula is C16H16N2O5. The quantitative estimate of drug-likeness (QED) is 0.665. The zero-order valence-corrected chi connectivity index (χ0v) is 13.0. The molecule has 1 N–H and O–H groups in total. The number of methoxy groups -OCH3 is 3. The monoisotopic (exact) mass is 316 g/mol. The second-order valence-electron chi connectivity index (χ2n) is 4.41. The second kappa shape index (κ2) is 7.26. The number of carbonyl (C=O) groups is 2. The molecule has 7 heteroatoms. The predicted octanol–water partition coefficient (Wildman–Crippen LogP) is 1.89. The fraction of sp³-hybridized carbons (Fsp3) is 0.188. The fourth-order valence-corrected chi connectivity index (χ4v) is 2.00. The van der Waals surface area contributed by atoms with Gasteiger partial charge in [-0.15, -0.1) is 0 Å². The Morgan fingerprint density at radius 3 is 2.57 bits per heavy atom. The number of nitrogens with zero attached hydrogens (tertiary/aromatic N) is 1. The lowest BCUT2D eigenvalue weighted by Gasteiger charge is -2.12. The average Bonchev–Trinajstić information content (AvgIpc) is 2.60. The van der Waals surface area contributed by atoms with E-state index in [2.05, 4.69) is 19.8 Å². The Bertz CT molecular complexity index is 770. The van der Waals surface area contributed by atoms with Gasteiger partial charge in [-0.3, -0.25) is 4.98 Å². The predicted molar refractivity (Wildman–Crippen MR) is 84.0 cm³/mol. The molecule has 2 aromatic rings. The first-order valence-electron chi connectivity index (χ1n) is 6.67. The molecule has 7 nitrogen and oxygen atoms in total. The van der Waals surface area contributed by atoms with Gasteiger partial charge in [0, 0.05) is 11.6 Å². The van der Waals surface area contributed by atoms with Crippen molar-refractivity contribution >= 4 is 28.5 Å². The van der Waals surface area contributed by atoms with Crippen LogP contribution < -0.4 is 10.1 Å². The smallest absolute Gasteiger partial charge is 0.354 e. The first-order valence-corrected chi connectivity index (χ1v) is 6.67. The molecule has 1 heterocycles. The van der Waals surface area contributed by atoms with Gasteiger partial charge in [-0.1, -0.05) is 0 Å². The number of rotatable bonds is 5. The lowest BCUT2D eigenvalue weighted by molar-refractivity contribution is -0.138. The number of aromatic nitrogens is 1. The Hall–Kier alpha value is -3.09. The number of fused-ring (bicyclic) bond motifs is 1. The first kappa shape index (κ1) is 16.3. The van der Waals surface area contributed by atoms with E-state index in [-0.39, 0.29) is 5.70 Å². The molecule has 0 saturated carbocycles. The van der Waals surface area contributed by atoms with Crippen molar-refractivity contribution in [3.63, 3.8) is 0 Å². The van der Waals surface area contributed by atoms with E-state index in [0.717, 1.165) is 11.5 Å². The zero-order chi connectivity index (χ0) is 16.8. The summed E-state index contributed by atoms with van der Waals surface area (Å²) >= 11 is 0. The molecule has 0 amide bonds. The maximum absolute atomic E-state index is 11.8. The van der Waals surface area contributed by atoms with Crippen LogP contribution in [0.5, 0.6) is 5.75 Å². The van der Waals surface area contributed by atoms with Gasteiger partial charge in [-0.2, -0.15) is 0 Å². The average molecular weight is 316 g/mol. The highest BCUT2D eigenvalue weighted by atomic mass is 16.5. The number of carbonyl (C=O) groups excluding carboxylic acids is 2. The van der Waals surface area contributed by atoms with E-state index in [1.54, 1.807) is 31.5 Å². The third kappa shape index (κ3) is 3.57. The van der Waals surface area contributed by atoms with E-state index >= 15 is 0 Å². The second-order valence-corrected chi connectivity index (χ2v) is 4.41. The molecule has 0 saturated heterocycles. The molecule has 0 unspecified atom stereocenters. The van der Waals surface area contributed by atoms with Gasteiger partial charge in [-0.25, -0.2) is 9.59 Å². The molecule has 0 bridgehead atoms. The summed E-state index contributed by atoms with van der Waals surface area (Å²) in [7, 11) is 4.00. The number of nitrogens with one attached hydrogen (secondary N) is 1. The third-order valence-electron chi connectivity index (χ3n) is 3.09. The number of anilines is 1. The van der Waals surface area contributed by atoms with Gasteiger partial charge in [0.1, 0.15) is 11.4 Å². The van der Waals surface area contributed by atoms with Crippen LogP contribution in [-0.2, 0) is 19.1 Å². The number of pyridine rings is 1. The van der Waals surface area contributed by atoms with Crippen LogP contribution in [0.4, 0.5) is 5.69 Å². The standard InChI is InChI=1S/C16H16N2O5/c1-21-13-7-6-11(15-10(13)5-4-8-17-15)18-12(16(20)23-3)9-14(19)22-2/h4-9,18H,1-3H3/b12-9-. The van der Waals surface area contributed by atoms with Crippen LogP contribution in [0.2, 0.25) is 0 Å². The molecule has 1 aromatic heterocycles. The van der Waals surface area contributed by atoms with Gasteiger partial charge in [-0.05, 0) is 24.3 Å². The summed E-state index contributed by atoms with van der Waals surface area (Å²) in [6, 6.07) is 7.05. The minimum absolute atomic E-state index is 0.0588. The molecule has 1 aromatic carbocycles. The van der Waals surface area contributed by atoms with Crippen molar-refractivity contribution in [2.45, 2.75) is 0 Å². The highest BCUT2D eigenvalue weighted by Crippen LogP contribution is 2.30. The van der Waals surface area contributed by atoms with Crippen LogP contribution >= 0.6 is 0 Å². The van der Waals surface area contributed by atoms with Crippen molar-refractivity contribution in [3.05, 3.63) is 42.2 Å². The summed E-state index contributed by atoms with van der Waals surface area (Å²) in [4.78, 5) is 27.5. The Morgan fingerprint density at radius 2 is 1.91 bits per heavy atom. The summed E-state index contributed by atoms with van der Waals surface area (Å²) in [5, 5.41) is 3.62.